The Labute approximate surface area is 136 Å². The van der Waals surface area contributed by atoms with Crippen molar-refractivity contribution in [3.05, 3.63) is 61.1 Å². The quantitative estimate of drug-likeness (QED) is 0.671. The van der Waals surface area contributed by atoms with Gasteiger partial charge in [0, 0.05) is 20.8 Å². The lowest BCUT2D eigenvalue weighted by molar-refractivity contribution is -0.112. The Kier molecular flexibility index (Phi) is 2.83. The third-order valence-corrected chi connectivity index (χ3v) is 4.21. The molecule has 0 aliphatic carbocycles. The Morgan fingerprint density at radius 1 is 1.26 bits per heavy atom. The molecule has 0 radical (unpaired) electrons. The largest absolute Gasteiger partial charge is 0.480 e. The average Bonchev–Trinajstić information content (AvgIpc) is 2.95. The SMILES string of the molecule is Cc1cc2c(C3=c4cc(Br)ccc4=NC3=O)oc(O)c2c(=O)[nH]1. The second-order valence-corrected chi connectivity index (χ2v) is 6.18. The number of pyridine rings is 1. The summed E-state index contributed by atoms with van der Waals surface area (Å²) in [4.78, 5) is 30.9. The number of hydrogen-bond donors (Lipinski definition) is 2. The summed E-state index contributed by atoms with van der Waals surface area (Å²) in [5, 5.41) is 11.5. The van der Waals surface area contributed by atoms with Crippen LogP contribution in [0.5, 0.6) is 5.95 Å². The Bertz CT molecular complexity index is 1190. The number of hydrogen-bond acceptors (Lipinski definition) is 4. The number of nitrogens with zero attached hydrogens (tertiary/aromatic N) is 1. The third kappa shape index (κ3) is 1.97. The predicted molar refractivity (Wildman–Crippen MR) is 85.7 cm³/mol. The van der Waals surface area contributed by atoms with E-state index in [0.717, 1.165) is 4.47 Å². The van der Waals surface area contributed by atoms with E-state index < -0.39 is 17.4 Å². The van der Waals surface area contributed by atoms with Gasteiger partial charge in [0.05, 0.1) is 10.9 Å². The fraction of sp³-hybridized carbons (Fsp3) is 0.0625. The van der Waals surface area contributed by atoms with Gasteiger partial charge in [-0.2, -0.15) is 0 Å². The second kappa shape index (κ2) is 4.66. The van der Waals surface area contributed by atoms with Crippen molar-refractivity contribution in [3.8, 4) is 5.95 Å². The van der Waals surface area contributed by atoms with Crippen molar-refractivity contribution in [2.24, 2.45) is 4.99 Å². The van der Waals surface area contributed by atoms with E-state index in [-0.39, 0.29) is 16.7 Å². The van der Waals surface area contributed by atoms with Crippen LogP contribution in [0, 0.1) is 6.92 Å². The van der Waals surface area contributed by atoms with Crippen LogP contribution in [0.15, 0.2) is 42.9 Å². The highest BCUT2D eigenvalue weighted by atomic mass is 79.9. The van der Waals surface area contributed by atoms with Crippen LogP contribution in [0.25, 0.3) is 16.3 Å². The number of rotatable bonds is 1. The Hall–Kier alpha value is -2.67. The lowest BCUT2D eigenvalue weighted by Gasteiger charge is -1.98. The van der Waals surface area contributed by atoms with Crippen LogP contribution < -0.4 is 16.1 Å². The first kappa shape index (κ1) is 14.0. The first-order valence-electron chi connectivity index (χ1n) is 6.74. The summed E-state index contributed by atoms with van der Waals surface area (Å²) in [5.41, 5.74) is 0.364. The van der Waals surface area contributed by atoms with Gasteiger partial charge in [0.1, 0.15) is 5.39 Å². The molecule has 2 aromatic heterocycles. The van der Waals surface area contributed by atoms with Gasteiger partial charge < -0.3 is 14.5 Å². The van der Waals surface area contributed by atoms with E-state index in [2.05, 4.69) is 25.9 Å². The average molecular weight is 373 g/mol. The molecule has 2 N–H and O–H groups in total. The van der Waals surface area contributed by atoms with Crippen LogP contribution >= 0.6 is 15.9 Å². The zero-order valence-corrected chi connectivity index (χ0v) is 13.4. The summed E-state index contributed by atoms with van der Waals surface area (Å²) in [7, 11) is 0. The number of benzene rings is 1. The van der Waals surface area contributed by atoms with E-state index in [9.17, 15) is 14.7 Å². The molecule has 1 aromatic carbocycles. The van der Waals surface area contributed by atoms with Gasteiger partial charge in [-0.15, -0.1) is 0 Å². The maximum atomic E-state index is 12.3. The van der Waals surface area contributed by atoms with Gasteiger partial charge in [-0.25, -0.2) is 4.99 Å². The number of fused-ring (bicyclic) bond motifs is 2. The van der Waals surface area contributed by atoms with Gasteiger partial charge in [-0.3, -0.25) is 9.59 Å². The molecule has 0 unspecified atom stereocenters. The van der Waals surface area contributed by atoms with Crippen molar-refractivity contribution >= 4 is 38.2 Å². The van der Waals surface area contributed by atoms with Crippen LogP contribution in [-0.4, -0.2) is 16.0 Å². The van der Waals surface area contributed by atoms with Crippen LogP contribution in [0.4, 0.5) is 0 Å². The minimum absolute atomic E-state index is 0.0225. The topological polar surface area (TPSA) is 95.7 Å². The normalized spacial score (nSPS) is 13.5. The van der Waals surface area contributed by atoms with E-state index >= 15 is 0 Å². The molecular formula is C16H9BrN2O4. The molecule has 114 valence electrons. The van der Waals surface area contributed by atoms with Crippen LogP contribution in [0.1, 0.15) is 11.5 Å². The first-order valence-corrected chi connectivity index (χ1v) is 7.53. The maximum Gasteiger partial charge on any atom is 0.296 e. The van der Waals surface area contributed by atoms with E-state index in [1.807, 2.05) is 0 Å². The first-order chi connectivity index (χ1) is 11.0. The summed E-state index contributed by atoms with van der Waals surface area (Å²) in [6.07, 6.45) is 0. The van der Waals surface area contributed by atoms with E-state index in [4.69, 9.17) is 4.42 Å². The Morgan fingerprint density at radius 2 is 2.04 bits per heavy atom. The van der Waals surface area contributed by atoms with E-state index in [1.54, 1.807) is 31.2 Å². The molecular weight excluding hydrogens is 364 g/mol. The van der Waals surface area contributed by atoms with Gasteiger partial charge >= 0.3 is 0 Å². The molecule has 1 aliphatic heterocycles. The number of nitrogens with one attached hydrogen (secondary N) is 1. The van der Waals surface area contributed by atoms with Crippen LogP contribution in [0.3, 0.4) is 0 Å². The lowest BCUT2D eigenvalue weighted by Crippen LogP contribution is -2.23. The van der Waals surface area contributed by atoms with E-state index in [0.29, 0.717) is 21.7 Å². The fourth-order valence-corrected chi connectivity index (χ4v) is 3.14. The number of aromatic nitrogens is 1. The number of furan rings is 1. The van der Waals surface area contributed by atoms with Crippen LogP contribution in [0.2, 0.25) is 0 Å². The number of H-pyrrole nitrogens is 1. The smallest absolute Gasteiger partial charge is 0.296 e. The summed E-state index contributed by atoms with van der Waals surface area (Å²) < 4.78 is 6.14. The monoisotopic (exact) mass is 372 g/mol. The molecule has 7 heteroatoms. The Morgan fingerprint density at radius 3 is 2.83 bits per heavy atom. The number of aromatic amines is 1. The molecule has 6 nitrogen and oxygen atoms in total. The van der Waals surface area contributed by atoms with Gasteiger partial charge in [0.15, 0.2) is 5.76 Å². The number of carbonyl (C=O) groups is 1. The minimum Gasteiger partial charge on any atom is -0.480 e. The van der Waals surface area contributed by atoms with Gasteiger partial charge in [-0.1, -0.05) is 15.9 Å². The molecule has 4 rings (SSSR count). The molecule has 0 saturated carbocycles. The van der Waals surface area contributed by atoms with Gasteiger partial charge in [0.2, 0.25) is 0 Å². The molecule has 1 aliphatic rings. The number of halogens is 1. The van der Waals surface area contributed by atoms with E-state index in [1.165, 1.54) is 0 Å². The molecule has 3 aromatic rings. The number of aryl methyl sites for hydroxylation is 1. The predicted octanol–water partition coefficient (Wildman–Crippen LogP) is 1.26. The van der Waals surface area contributed by atoms with Crippen molar-refractivity contribution in [1.29, 1.82) is 0 Å². The summed E-state index contributed by atoms with van der Waals surface area (Å²) >= 11 is 3.36. The minimum atomic E-state index is -0.514. The maximum absolute atomic E-state index is 12.3. The van der Waals surface area contributed by atoms with Crippen LogP contribution in [-0.2, 0) is 4.79 Å². The van der Waals surface area contributed by atoms with Gasteiger partial charge in [0.25, 0.3) is 17.4 Å². The highest BCUT2D eigenvalue weighted by Crippen LogP contribution is 2.33. The summed E-state index contributed by atoms with van der Waals surface area (Å²) in [5.74, 6) is -0.830. The fourth-order valence-electron chi connectivity index (χ4n) is 2.77. The third-order valence-electron chi connectivity index (χ3n) is 3.72. The molecule has 0 saturated heterocycles. The number of aromatic hydroxyl groups is 1. The number of amides is 1. The number of carbonyl (C=O) groups excluding carboxylic acids is 1. The Balaban J connectivity index is 2.20. The molecule has 0 atom stereocenters. The standard InChI is InChI=1S/C16H9BrN2O4/c1-6-4-9-12(15(21)18-6)16(22)23-13(9)11-8-5-7(17)2-3-10(8)19-14(11)20/h2-5,22H,1H3,(H,18,21). The lowest BCUT2D eigenvalue weighted by atomic mass is 10.1. The molecule has 23 heavy (non-hydrogen) atoms. The molecule has 0 fully saturated rings. The van der Waals surface area contributed by atoms with Gasteiger partial charge in [-0.05, 0) is 31.2 Å². The second-order valence-electron chi connectivity index (χ2n) is 5.26. The molecule has 3 heterocycles. The van der Waals surface area contributed by atoms with Crippen molar-refractivity contribution < 1.29 is 14.3 Å². The highest BCUT2D eigenvalue weighted by Gasteiger charge is 2.26. The highest BCUT2D eigenvalue weighted by molar-refractivity contribution is 9.10. The summed E-state index contributed by atoms with van der Waals surface area (Å²) in [6, 6.07) is 6.91. The van der Waals surface area contributed by atoms with Crippen molar-refractivity contribution in [2.75, 3.05) is 0 Å². The molecule has 1 amide bonds. The van der Waals surface area contributed by atoms with Crippen molar-refractivity contribution in [3.63, 3.8) is 0 Å². The summed E-state index contributed by atoms with van der Waals surface area (Å²) in [6.45, 7) is 1.71. The molecule has 0 spiro atoms. The zero-order valence-electron chi connectivity index (χ0n) is 11.8. The van der Waals surface area contributed by atoms with Crippen molar-refractivity contribution in [2.45, 2.75) is 6.92 Å². The molecule has 0 bridgehead atoms. The van der Waals surface area contributed by atoms with Crippen molar-refractivity contribution in [1.82, 2.24) is 4.98 Å². The zero-order chi connectivity index (χ0) is 16.3.